The van der Waals surface area contributed by atoms with E-state index in [9.17, 15) is 9.59 Å². The van der Waals surface area contributed by atoms with Crippen LogP contribution in [0.3, 0.4) is 0 Å². The fourth-order valence-electron chi connectivity index (χ4n) is 1.38. The molecule has 3 nitrogen and oxygen atoms in total. The van der Waals surface area contributed by atoms with Gasteiger partial charge >= 0.3 is 0 Å². The van der Waals surface area contributed by atoms with Gasteiger partial charge < -0.3 is 0 Å². The summed E-state index contributed by atoms with van der Waals surface area (Å²) in [7, 11) is 0. The van der Waals surface area contributed by atoms with E-state index in [1.165, 1.54) is 16.7 Å². The van der Waals surface area contributed by atoms with Gasteiger partial charge in [-0.1, -0.05) is 19.1 Å². The van der Waals surface area contributed by atoms with Crippen LogP contribution in [-0.2, 0) is 9.59 Å². The number of imide groups is 1. The highest BCUT2D eigenvalue weighted by Crippen LogP contribution is 2.22. The number of carbonyl (C=O) groups is 2. The van der Waals surface area contributed by atoms with E-state index in [4.69, 9.17) is 0 Å². The maximum Gasteiger partial charge on any atom is 0.243 e. The van der Waals surface area contributed by atoms with Crippen molar-refractivity contribution in [1.82, 2.24) is 4.90 Å². The van der Waals surface area contributed by atoms with Gasteiger partial charge in [0.2, 0.25) is 11.8 Å². The lowest BCUT2D eigenvalue weighted by Gasteiger charge is -2.11. The molecule has 0 saturated carbocycles. The number of rotatable bonds is 4. The molecule has 1 rings (SSSR count). The molecule has 0 N–H and O–H groups in total. The molecule has 14 heavy (non-hydrogen) atoms. The van der Waals surface area contributed by atoms with E-state index in [0.29, 0.717) is 13.0 Å². The summed E-state index contributed by atoms with van der Waals surface area (Å²) in [6.45, 7) is 2.46. The Morgan fingerprint density at radius 2 is 2.21 bits per heavy atom. The van der Waals surface area contributed by atoms with E-state index >= 15 is 0 Å². The van der Waals surface area contributed by atoms with E-state index in [1.807, 2.05) is 25.3 Å². The minimum absolute atomic E-state index is 0.0387. The number of carbonyl (C=O) groups excluding carboxylic acids is 2. The molecule has 1 fully saturated rings. The average Bonchev–Trinajstić information content (AvgIpc) is 2.45. The molecule has 0 aromatic heterocycles. The van der Waals surface area contributed by atoms with E-state index in [1.54, 1.807) is 0 Å². The van der Waals surface area contributed by atoms with Crippen LogP contribution < -0.4 is 0 Å². The molecule has 4 heteroatoms. The number of hydrogen-bond acceptors (Lipinski definition) is 3. The molecule has 1 heterocycles. The number of amides is 2. The van der Waals surface area contributed by atoms with Crippen molar-refractivity contribution < 1.29 is 9.59 Å². The molecule has 0 aliphatic carbocycles. The summed E-state index contributed by atoms with van der Waals surface area (Å²) in [6, 6.07) is 0. The first-order valence-electron chi connectivity index (χ1n) is 4.72. The van der Waals surface area contributed by atoms with E-state index in [0.717, 1.165) is 6.42 Å². The second-order valence-corrected chi connectivity index (χ2v) is 4.19. The Kier molecular flexibility index (Phi) is 4.20. The van der Waals surface area contributed by atoms with Gasteiger partial charge in [-0.25, -0.2) is 0 Å². The summed E-state index contributed by atoms with van der Waals surface area (Å²) in [5.74, 6) is -0.0849. The Labute approximate surface area is 88.5 Å². The molecule has 0 aromatic rings. The van der Waals surface area contributed by atoms with Gasteiger partial charge in [0.1, 0.15) is 0 Å². The number of likely N-dealkylation sites (tertiary alicyclic amines) is 1. The molecule has 0 aromatic carbocycles. The topological polar surface area (TPSA) is 37.4 Å². The largest absolute Gasteiger partial charge is 0.278 e. The fourth-order valence-corrected chi connectivity index (χ4v) is 2.01. The zero-order valence-corrected chi connectivity index (χ0v) is 9.34. The smallest absolute Gasteiger partial charge is 0.243 e. The van der Waals surface area contributed by atoms with Crippen LogP contribution >= 0.6 is 11.8 Å². The number of hydrogen-bond donors (Lipinski definition) is 0. The monoisotopic (exact) mass is 213 g/mol. The van der Waals surface area contributed by atoms with E-state index in [2.05, 4.69) is 0 Å². The third kappa shape index (κ3) is 2.38. The minimum Gasteiger partial charge on any atom is -0.278 e. The van der Waals surface area contributed by atoms with Gasteiger partial charge in [-0.3, -0.25) is 14.5 Å². The van der Waals surface area contributed by atoms with Crippen LogP contribution in [-0.4, -0.2) is 34.8 Å². The van der Waals surface area contributed by atoms with Crippen molar-refractivity contribution in [2.45, 2.75) is 25.0 Å². The molecule has 1 unspecified atom stereocenters. The maximum absolute atomic E-state index is 11.6. The highest BCUT2D eigenvalue weighted by Gasteiger charge is 2.36. The molecule has 2 amide bonds. The minimum atomic E-state index is -0.155. The van der Waals surface area contributed by atoms with Crippen LogP contribution in [0.15, 0.2) is 12.2 Å². The third-order valence-electron chi connectivity index (χ3n) is 2.18. The Bertz CT molecular complexity index is 263. The van der Waals surface area contributed by atoms with Crippen molar-refractivity contribution in [2.24, 2.45) is 0 Å². The van der Waals surface area contributed by atoms with Crippen LogP contribution in [0.5, 0.6) is 0 Å². The Morgan fingerprint density at radius 3 is 2.71 bits per heavy atom. The number of nitrogens with zero attached hydrogens (tertiary/aromatic N) is 1. The van der Waals surface area contributed by atoms with Crippen LogP contribution in [0.1, 0.15) is 19.8 Å². The SMILES string of the molecule is CCC=CCN1C(=O)CC(SC)C1=O. The fraction of sp³-hybridized carbons (Fsp3) is 0.600. The van der Waals surface area contributed by atoms with Crippen LogP contribution in [0.4, 0.5) is 0 Å². The summed E-state index contributed by atoms with van der Waals surface area (Å²) >= 11 is 1.45. The third-order valence-corrected chi connectivity index (χ3v) is 3.11. The zero-order chi connectivity index (χ0) is 10.6. The molecular formula is C10H15NO2S. The standard InChI is InChI=1S/C10H15NO2S/c1-3-4-5-6-11-9(12)7-8(14-2)10(11)13/h4-5,8H,3,6-7H2,1-2H3. The second-order valence-electron chi connectivity index (χ2n) is 3.15. The second kappa shape index (κ2) is 5.20. The number of allylic oxidation sites excluding steroid dienone is 1. The molecule has 1 saturated heterocycles. The highest BCUT2D eigenvalue weighted by molar-refractivity contribution is 8.00. The zero-order valence-electron chi connectivity index (χ0n) is 8.53. The summed E-state index contributed by atoms with van der Waals surface area (Å²) in [5.41, 5.74) is 0. The van der Waals surface area contributed by atoms with Gasteiger partial charge in [-0.2, -0.15) is 11.8 Å². The van der Waals surface area contributed by atoms with Crippen molar-refractivity contribution in [1.29, 1.82) is 0 Å². The first-order chi connectivity index (χ1) is 6.70. The molecule has 1 aliphatic rings. The first-order valence-corrected chi connectivity index (χ1v) is 6.01. The number of thioether (sulfide) groups is 1. The first kappa shape index (κ1) is 11.3. The molecule has 78 valence electrons. The van der Waals surface area contributed by atoms with Crippen LogP contribution in [0, 0.1) is 0 Å². The molecule has 1 aliphatic heterocycles. The summed E-state index contributed by atoms with van der Waals surface area (Å²) < 4.78 is 0. The van der Waals surface area contributed by atoms with Crippen molar-refractivity contribution in [3.05, 3.63) is 12.2 Å². The normalized spacial score (nSPS) is 22.7. The molecule has 0 bridgehead atoms. The lowest BCUT2D eigenvalue weighted by Crippen LogP contribution is -2.31. The Balaban J connectivity index is 2.56. The van der Waals surface area contributed by atoms with Gasteiger partial charge in [0.25, 0.3) is 0 Å². The highest BCUT2D eigenvalue weighted by atomic mass is 32.2. The van der Waals surface area contributed by atoms with Crippen LogP contribution in [0.25, 0.3) is 0 Å². The quantitative estimate of drug-likeness (QED) is 0.524. The van der Waals surface area contributed by atoms with Gasteiger partial charge in [0, 0.05) is 13.0 Å². The Hall–Kier alpha value is -0.770. The molecule has 0 radical (unpaired) electrons. The lowest BCUT2D eigenvalue weighted by molar-refractivity contribution is -0.137. The lowest BCUT2D eigenvalue weighted by atomic mass is 10.4. The summed E-state index contributed by atoms with van der Waals surface area (Å²) in [6.07, 6.45) is 6.99. The van der Waals surface area contributed by atoms with Crippen molar-refractivity contribution in [3.63, 3.8) is 0 Å². The van der Waals surface area contributed by atoms with Crippen molar-refractivity contribution in [3.8, 4) is 0 Å². The summed E-state index contributed by atoms with van der Waals surface area (Å²) in [5, 5.41) is -0.155. The molecule has 1 atom stereocenters. The van der Waals surface area contributed by atoms with Gasteiger partial charge in [0.15, 0.2) is 0 Å². The van der Waals surface area contributed by atoms with Gasteiger partial charge in [-0.15, -0.1) is 0 Å². The van der Waals surface area contributed by atoms with E-state index in [-0.39, 0.29) is 17.1 Å². The maximum atomic E-state index is 11.6. The van der Waals surface area contributed by atoms with Gasteiger partial charge in [-0.05, 0) is 12.7 Å². The summed E-state index contributed by atoms with van der Waals surface area (Å²) in [4.78, 5) is 24.3. The van der Waals surface area contributed by atoms with E-state index < -0.39 is 0 Å². The molecular weight excluding hydrogens is 198 g/mol. The predicted octanol–water partition coefficient (Wildman–Crippen LogP) is 1.44. The van der Waals surface area contributed by atoms with Crippen molar-refractivity contribution >= 4 is 23.6 Å². The van der Waals surface area contributed by atoms with Crippen molar-refractivity contribution in [2.75, 3.05) is 12.8 Å². The predicted molar refractivity (Wildman–Crippen MR) is 58.1 cm³/mol. The van der Waals surface area contributed by atoms with Gasteiger partial charge in [0.05, 0.1) is 5.25 Å². The molecule has 0 spiro atoms. The Morgan fingerprint density at radius 1 is 1.50 bits per heavy atom. The average molecular weight is 213 g/mol. The van der Waals surface area contributed by atoms with Crippen LogP contribution in [0.2, 0.25) is 0 Å².